The summed E-state index contributed by atoms with van der Waals surface area (Å²) in [6, 6.07) is 5.51. The van der Waals surface area contributed by atoms with E-state index in [1.807, 2.05) is 12.1 Å². The fourth-order valence-electron chi connectivity index (χ4n) is 1.59. The Balaban J connectivity index is 2.37. The standard InChI is InChI=1S/C10H12BNO3/c1-7(13)12(2)9-4-3-8-6-15-11(14)10(8)5-9/h3-5,14H,6H2,1-2H3. The van der Waals surface area contributed by atoms with Crippen molar-refractivity contribution in [3.05, 3.63) is 23.8 Å². The quantitative estimate of drug-likeness (QED) is 0.650. The second-order valence-electron chi connectivity index (χ2n) is 3.62. The summed E-state index contributed by atoms with van der Waals surface area (Å²) in [5.41, 5.74) is 2.50. The highest BCUT2D eigenvalue weighted by Gasteiger charge is 2.27. The molecule has 15 heavy (non-hydrogen) atoms. The van der Waals surface area contributed by atoms with Crippen molar-refractivity contribution >= 4 is 24.2 Å². The summed E-state index contributed by atoms with van der Waals surface area (Å²) in [5.74, 6) is -0.0386. The van der Waals surface area contributed by atoms with Crippen LogP contribution >= 0.6 is 0 Å². The molecule has 2 rings (SSSR count). The first-order valence-corrected chi connectivity index (χ1v) is 4.76. The molecule has 1 heterocycles. The van der Waals surface area contributed by atoms with E-state index < -0.39 is 7.12 Å². The van der Waals surface area contributed by atoms with Crippen molar-refractivity contribution in [3.63, 3.8) is 0 Å². The molecule has 1 aromatic carbocycles. The number of carbonyl (C=O) groups is 1. The van der Waals surface area contributed by atoms with E-state index in [9.17, 15) is 9.82 Å². The van der Waals surface area contributed by atoms with Gasteiger partial charge in [0.15, 0.2) is 0 Å². The van der Waals surface area contributed by atoms with Gasteiger partial charge in [0.2, 0.25) is 5.91 Å². The number of rotatable bonds is 1. The highest BCUT2D eigenvalue weighted by Crippen LogP contribution is 2.17. The van der Waals surface area contributed by atoms with E-state index in [4.69, 9.17) is 4.65 Å². The third kappa shape index (κ3) is 1.76. The maximum Gasteiger partial charge on any atom is 0.491 e. The minimum absolute atomic E-state index is 0.0386. The molecule has 0 atom stereocenters. The molecule has 0 aromatic heterocycles. The van der Waals surface area contributed by atoms with Crippen LogP contribution in [-0.2, 0) is 16.1 Å². The fraction of sp³-hybridized carbons (Fsp3) is 0.300. The second kappa shape index (κ2) is 3.68. The van der Waals surface area contributed by atoms with Gasteiger partial charge in [-0.05, 0) is 23.2 Å². The zero-order valence-electron chi connectivity index (χ0n) is 8.73. The zero-order valence-corrected chi connectivity index (χ0v) is 8.73. The van der Waals surface area contributed by atoms with Gasteiger partial charge in [-0.1, -0.05) is 6.07 Å². The lowest BCUT2D eigenvalue weighted by Gasteiger charge is -2.15. The van der Waals surface area contributed by atoms with Crippen molar-refractivity contribution in [2.45, 2.75) is 13.5 Å². The topological polar surface area (TPSA) is 49.8 Å². The van der Waals surface area contributed by atoms with Gasteiger partial charge in [-0.15, -0.1) is 0 Å². The predicted molar refractivity (Wildman–Crippen MR) is 57.9 cm³/mol. The first-order chi connectivity index (χ1) is 7.09. The maximum atomic E-state index is 11.2. The molecule has 0 bridgehead atoms. The van der Waals surface area contributed by atoms with Crippen molar-refractivity contribution in [2.24, 2.45) is 0 Å². The molecule has 4 nitrogen and oxygen atoms in total. The number of hydrogen-bond donors (Lipinski definition) is 1. The third-order valence-corrected chi connectivity index (χ3v) is 2.65. The lowest BCUT2D eigenvalue weighted by Crippen LogP contribution is -2.30. The minimum Gasteiger partial charge on any atom is -0.423 e. The molecule has 0 spiro atoms. The molecule has 0 saturated carbocycles. The van der Waals surface area contributed by atoms with Crippen LogP contribution in [0.25, 0.3) is 0 Å². The van der Waals surface area contributed by atoms with Gasteiger partial charge in [-0.3, -0.25) is 4.79 Å². The summed E-state index contributed by atoms with van der Waals surface area (Å²) >= 11 is 0. The van der Waals surface area contributed by atoms with Crippen molar-refractivity contribution in [3.8, 4) is 0 Å². The Labute approximate surface area is 88.6 Å². The van der Waals surface area contributed by atoms with Gasteiger partial charge >= 0.3 is 7.12 Å². The number of carbonyl (C=O) groups excluding carboxylic acids is 1. The van der Waals surface area contributed by atoms with Crippen molar-refractivity contribution in [1.82, 2.24) is 0 Å². The first-order valence-electron chi connectivity index (χ1n) is 4.76. The Kier molecular flexibility index (Phi) is 2.50. The van der Waals surface area contributed by atoms with Crippen molar-refractivity contribution in [2.75, 3.05) is 11.9 Å². The predicted octanol–water partition coefficient (Wildman–Crippen LogP) is -0.113. The van der Waals surface area contributed by atoms with Crippen LogP contribution in [-0.4, -0.2) is 25.1 Å². The molecule has 1 aliphatic heterocycles. The Hall–Kier alpha value is -1.33. The number of fused-ring (bicyclic) bond motifs is 1. The number of amides is 1. The Morgan fingerprint density at radius 1 is 1.60 bits per heavy atom. The van der Waals surface area contributed by atoms with Crippen molar-refractivity contribution in [1.29, 1.82) is 0 Å². The third-order valence-electron chi connectivity index (χ3n) is 2.65. The lowest BCUT2D eigenvalue weighted by molar-refractivity contribution is -0.116. The largest absolute Gasteiger partial charge is 0.491 e. The normalized spacial score (nSPS) is 13.9. The summed E-state index contributed by atoms with van der Waals surface area (Å²) in [5, 5.41) is 9.50. The molecule has 1 aromatic rings. The molecule has 0 fully saturated rings. The van der Waals surface area contributed by atoms with Crippen LogP contribution in [0.2, 0.25) is 0 Å². The van der Waals surface area contributed by atoms with Crippen LogP contribution in [0.5, 0.6) is 0 Å². The Bertz CT molecular complexity index is 408. The molecule has 0 aliphatic carbocycles. The first kappa shape index (κ1) is 10.2. The summed E-state index contributed by atoms with van der Waals surface area (Å²) in [4.78, 5) is 12.7. The van der Waals surface area contributed by atoms with E-state index in [0.717, 1.165) is 16.7 Å². The van der Waals surface area contributed by atoms with Gasteiger partial charge in [-0.25, -0.2) is 0 Å². The van der Waals surface area contributed by atoms with E-state index in [0.29, 0.717) is 6.61 Å². The molecule has 0 radical (unpaired) electrons. The van der Waals surface area contributed by atoms with E-state index in [-0.39, 0.29) is 5.91 Å². The van der Waals surface area contributed by atoms with Crippen LogP contribution in [0.3, 0.4) is 0 Å². The Morgan fingerprint density at radius 2 is 2.33 bits per heavy atom. The minimum atomic E-state index is -0.861. The highest BCUT2D eigenvalue weighted by atomic mass is 16.5. The number of anilines is 1. The molecule has 0 unspecified atom stereocenters. The molecule has 0 saturated heterocycles. The Morgan fingerprint density at radius 3 is 3.00 bits per heavy atom. The van der Waals surface area contributed by atoms with E-state index >= 15 is 0 Å². The molecule has 1 amide bonds. The molecule has 1 aliphatic rings. The second-order valence-corrected chi connectivity index (χ2v) is 3.62. The van der Waals surface area contributed by atoms with Crippen molar-refractivity contribution < 1.29 is 14.5 Å². The van der Waals surface area contributed by atoms with Crippen LogP contribution in [0.15, 0.2) is 18.2 Å². The van der Waals surface area contributed by atoms with E-state index in [2.05, 4.69) is 0 Å². The zero-order chi connectivity index (χ0) is 11.0. The monoisotopic (exact) mass is 205 g/mol. The molecular formula is C10H12BNO3. The van der Waals surface area contributed by atoms with Gasteiger partial charge in [0.1, 0.15) is 0 Å². The molecule has 78 valence electrons. The van der Waals surface area contributed by atoms with Gasteiger partial charge in [0.05, 0.1) is 6.61 Å². The van der Waals surface area contributed by atoms with Gasteiger partial charge in [-0.2, -0.15) is 0 Å². The van der Waals surface area contributed by atoms with E-state index in [1.54, 1.807) is 13.1 Å². The SMILES string of the molecule is CC(=O)N(C)c1ccc2c(c1)B(O)OC2. The highest BCUT2D eigenvalue weighted by molar-refractivity contribution is 6.61. The molecular weight excluding hydrogens is 193 g/mol. The number of hydrogen-bond acceptors (Lipinski definition) is 3. The van der Waals surface area contributed by atoms with Crippen LogP contribution in [0.4, 0.5) is 5.69 Å². The number of benzene rings is 1. The average molecular weight is 205 g/mol. The van der Waals surface area contributed by atoms with Gasteiger partial charge in [0, 0.05) is 19.7 Å². The van der Waals surface area contributed by atoms with Crippen LogP contribution < -0.4 is 10.4 Å². The summed E-state index contributed by atoms with van der Waals surface area (Å²) in [7, 11) is 0.840. The molecule has 1 N–H and O–H groups in total. The van der Waals surface area contributed by atoms with Gasteiger partial charge < -0.3 is 14.6 Å². The van der Waals surface area contributed by atoms with Gasteiger partial charge in [0.25, 0.3) is 0 Å². The summed E-state index contributed by atoms with van der Waals surface area (Å²) in [6.07, 6.45) is 0. The lowest BCUT2D eigenvalue weighted by atomic mass is 9.79. The van der Waals surface area contributed by atoms with Crippen LogP contribution in [0, 0.1) is 0 Å². The summed E-state index contributed by atoms with van der Waals surface area (Å²) < 4.78 is 5.07. The van der Waals surface area contributed by atoms with Crippen LogP contribution in [0.1, 0.15) is 12.5 Å². The average Bonchev–Trinajstić information content (AvgIpc) is 2.59. The fourth-order valence-corrected chi connectivity index (χ4v) is 1.59. The van der Waals surface area contributed by atoms with E-state index in [1.165, 1.54) is 11.8 Å². The molecule has 5 heteroatoms. The smallest absolute Gasteiger partial charge is 0.423 e. The number of nitrogens with zero attached hydrogens (tertiary/aromatic N) is 1. The maximum absolute atomic E-state index is 11.2. The summed E-state index contributed by atoms with van der Waals surface area (Å²) in [6.45, 7) is 1.93.